The van der Waals surface area contributed by atoms with Crippen LogP contribution in [0.4, 0.5) is 0 Å². The quantitative estimate of drug-likeness (QED) is 0.500. The van der Waals surface area contributed by atoms with E-state index in [0.717, 1.165) is 44.3 Å². The van der Waals surface area contributed by atoms with Gasteiger partial charge in [-0.1, -0.05) is 26.0 Å². The summed E-state index contributed by atoms with van der Waals surface area (Å²) in [5.74, 6) is 1.72. The van der Waals surface area contributed by atoms with Gasteiger partial charge in [-0.05, 0) is 44.6 Å². The third-order valence-electron chi connectivity index (χ3n) is 9.24. The first-order chi connectivity index (χ1) is 15.9. The van der Waals surface area contributed by atoms with Gasteiger partial charge in [-0.15, -0.1) is 0 Å². The normalized spacial score (nSPS) is 45.9. The molecule has 7 aliphatic rings. The fourth-order valence-corrected chi connectivity index (χ4v) is 7.75. The molecular weight excluding hydrogens is 422 g/mol. The number of rotatable bonds is 3. The Bertz CT molecular complexity index is 1030. The average Bonchev–Trinajstić information content (AvgIpc) is 3.23. The van der Waals surface area contributed by atoms with E-state index in [2.05, 4.69) is 37.0 Å². The summed E-state index contributed by atoms with van der Waals surface area (Å²) in [5, 5.41) is 21.3. The van der Waals surface area contributed by atoms with Crippen molar-refractivity contribution in [2.45, 2.75) is 75.6 Å². The summed E-state index contributed by atoms with van der Waals surface area (Å²) in [4.78, 5) is 15.0. The summed E-state index contributed by atoms with van der Waals surface area (Å²) in [6.07, 6.45) is 12.7. The van der Waals surface area contributed by atoms with Crippen LogP contribution in [0.25, 0.3) is 0 Å². The molecule has 0 saturated carbocycles. The van der Waals surface area contributed by atoms with E-state index in [9.17, 15) is 15.0 Å². The van der Waals surface area contributed by atoms with Gasteiger partial charge in [0.25, 0.3) is 0 Å². The maximum Gasteiger partial charge on any atom is 0.345 e. The van der Waals surface area contributed by atoms with Crippen molar-refractivity contribution in [3.63, 3.8) is 0 Å². The standard InChI is InChI=1S/C26H33NO6/c1-4-26(30)11-8-17-15-7-10-25(9-5-6-19(26)27(17)25)20-14(2)21(32-18(20)12-15)23-22(31-3)16(13-28)24(29)33-23/h7,10,12,14-15,17,19-20,28,30H,4-6,8-9,11,13H2,1-3H3. The molecule has 7 unspecified atom stereocenters. The van der Waals surface area contributed by atoms with E-state index < -0.39 is 18.2 Å². The van der Waals surface area contributed by atoms with E-state index >= 15 is 0 Å². The van der Waals surface area contributed by atoms with Crippen molar-refractivity contribution in [1.29, 1.82) is 0 Å². The predicted molar refractivity (Wildman–Crippen MR) is 119 cm³/mol. The van der Waals surface area contributed by atoms with E-state index in [1.807, 2.05) is 0 Å². The van der Waals surface area contributed by atoms with E-state index in [1.54, 1.807) is 0 Å². The lowest BCUT2D eigenvalue weighted by Crippen LogP contribution is -2.72. The van der Waals surface area contributed by atoms with Gasteiger partial charge < -0.3 is 24.4 Å². The van der Waals surface area contributed by atoms with Crippen molar-refractivity contribution in [1.82, 2.24) is 4.90 Å². The number of hydrogen-bond donors (Lipinski definition) is 2. The van der Waals surface area contributed by atoms with Gasteiger partial charge in [0.05, 0.1) is 24.9 Å². The molecule has 0 aromatic carbocycles. The van der Waals surface area contributed by atoms with Crippen molar-refractivity contribution in [2.75, 3.05) is 13.7 Å². The van der Waals surface area contributed by atoms with E-state index in [0.29, 0.717) is 11.8 Å². The third-order valence-corrected chi connectivity index (χ3v) is 9.24. The first kappa shape index (κ1) is 21.4. The van der Waals surface area contributed by atoms with Crippen molar-refractivity contribution in [3.05, 3.63) is 46.8 Å². The van der Waals surface area contributed by atoms with Crippen molar-refractivity contribution in [2.24, 2.45) is 17.8 Å². The van der Waals surface area contributed by atoms with Crippen LogP contribution >= 0.6 is 0 Å². The van der Waals surface area contributed by atoms with E-state index in [4.69, 9.17) is 14.2 Å². The fourth-order valence-electron chi connectivity index (χ4n) is 7.75. The van der Waals surface area contributed by atoms with Gasteiger partial charge in [-0.25, -0.2) is 4.79 Å². The number of nitrogens with zero attached hydrogens (tertiary/aromatic N) is 1. The molecular formula is C26H33NO6. The van der Waals surface area contributed by atoms with Crippen LogP contribution in [0.5, 0.6) is 0 Å². The maximum atomic E-state index is 12.3. The topological polar surface area (TPSA) is 88.5 Å². The lowest BCUT2D eigenvalue weighted by Gasteiger charge is -2.63. The van der Waals surface area contributed by atoms with Crippen LogP contribution in [0.1, 0.15) is 52.4 Å². The van der Waals surface area contributed by atoms with Crippen molar-refractivity contribution in [3.8, 4) is 0 Å². The van der Waals surface area contributed by atoms with Gasteiger partial charge >= 0.3 is 5.97 Å². The molecule has 1 aliphatic carbocycles. The van der Waals surface area contributed by atoms with Crippen LogP contribution in [0.2, 0.25) is 0 Å². The van der Waals surface area contributed by atoms with Gasteiger partial charge in [0.2, 0.25) is 5.76 Å². The first-order valence-electron chi connectivity index (χ1n) is 12.3. The van der Waals surface area contributed by atoms with Crippen LogP contribution in [0.3, 0.4) is 0 Å². The van der Waals surface area contributed by atoms with E-state index in [1.165, 1.54) is 7.11 Å². The monoisotopic (exact) mass is 455 g/mol. The molecule has 33 heavy (non-hydrogen) atoms. The molecule has 3 fully saturated rings. The molecule has 2 N–H and O–H groups in total. The Morgan fingerprint density at radius 3 is 2.82 bits per heavy atom. The SMILES string of the molecule is CCC1(O)CCC2C3C=CC4(CCCC1N24)C1C(=C3)OC(=C2OC(=O)C(CO)=C2OC)C1C. The second-order valence-corrected chi connectivity index (χ2v) is 10.5. The minimum Gasteiger partial charge on any atom is -0.492 e. The van der Waals surface area contributed by atoms with Gasteiger partial charge in [0.1, 0.15) is 11.3 Å². The highest BCUT2D eigenvalue weighted by Gasteiger charge is 2.64. The Morgan fingerprint density at radius 1 is 1.27 bits per heavy atom. The number of ether oxygens (including phenoxy) is 3. The predicted octanol–water partition coefficient (Wildman–Crippen LogP) is 2.91. The van der Waals surface area contributed by atoms with Gasteiger partial charge in [-0.3, -0.25) is 4.90 Å². The van der Waals surface area contributed by atoms with Crippen LogP contribution in [-0.4, -0.2) is 58.0 Å². The molecule has 7 atom stereocenters. The number of carbonyl (C=O) groups excluding carboxylic acids is 1. The Balaban J connectivity index is 1.48. The average molecular weight is 456 g/mol. The van der Waals surface area contributed by atoms with E-state index in [-0.39, 0.29) is 46.4 Å². The highest BCUT2D eigenvalue weighted by Crippen LogP contribution is 2.60. The smallest absolute Gasteiger partial charge is 0.345 e. The highest BCUT2D eigenvalue weighted by molar-refractivity contribution is 5.94. The van der Waals surface area contributed by atoms with Gasteiger partial charge in [0.15, 0.2) is 11.5 Å². The number of aliphatic hydroxyl groups excluding tert-OH is 1. The number of allylic oxidation sites excluding steroid dienone is 1. The van der Waals surface area contributed by atoms with Gasteiger partial charge in [0, 0.05) is 29.8 Å². The number of aliphatic hydroxyl groups is 2. The Hall–Kier alpha value is -2.09. The summed E-state index contributed by atoms with van der Waals surface area (Å²) in [7, 11) is 1.48. The van der Waals surface area contributed by atoms with Crippen molar-refractivity contribution >= 4 is 5.97 Å². The second kappa shape index (κ2) is 7.20. The molecule has 0 aromatic heterocycles. The van der Waals surface area contributed by atoms with Crippen LogP contribution in [0.15, 0.2) is 46.8 Å². The maximum absolute atomic E-state index is 12.3. The zero-order valence-corrected chi connectivity index (χ0v) is 19.5. The Kier molecular flexibility index (Phi) is 4.68. The largest absolute Gasteiger partial charge is 0.492 e. The molecule has 3 saturated heterocycles. The summed E-state index contributed by atoms with van der Waals surface area (Å²) >= 11 is 0. The number of carbonyl (C=O) groups is 1. The number of hydrogen-bond acceptors (Lipinski definition) is 7. The Labute approximate surface area is 194 Å². The molecule has 7 heteroatoms. The van der Waals surface area contributed by atoms with Crippen LogP contribution < -0.4 is 0 Å². The summed E-state index contributed by atoms with van der Waals surface area (Å²) in [5.41, 5.74) is -0.773. The van der Waals surface area contributed by atoms with Crippen LogP contribution in [-0.2, 0) is 19.0 Å². The number of piperidine rings is 2. The minimum atomic E-state index is -0.657. The van der Waals surface area contributed by atoms with Crippen molar-refractivity contribution < 1.29 is 29.2 Å². The highest BCUT2D eigenvalue weighted by atomic mass is 16.6. The Morgan fingerprint density at radius 2 is 2.09 bits per heavy atom. The lowest BCUT2D eigenvalue weighted by atomic mass is 9.62. The molecule has 0 radical (unpaired) electrons. The molecule has 7 rings (SSSR count). The molecule has 0 aromatic rings. The van der Waals surface area contributed by atoms with Gasteiger partial charge in [-0.2, -0.15) is 0 Å². The first-order valence-corrected chi connectivity index (χ1v) is 12.3. The second-order valence-electron chi connectivity index (χ2n) is 10.5. The third kappa shape index (κ3) is 2.64. The lowest BCUT2D eigenvalue weighted by molar-refractivity contribution is -0.169. The molecule has 6 aliphatic heterocycles. The molecule has 178 valence electrons. The summed E-state index contributed by atoms with van der Waals surface area (Å²) < 4.78 is 17.5. The number of cyclic esters (lactones) is 1. The zero-order chi connectivity index (χ0) is 23.1. The zero-order valence-electron chi connectivity index (χ0n) is 19.5. The number of methoxy groups -OCH3 is 1. The minimum absolute atomic E-state index is 0.0558. The molecule has 2 bridgehead atoms. The number of esters is 1. The molecule has 1 spiro atoms. The molecule has 6 heterocycles. The van der Waals surface area contributed by atoms with Crippen LogP contribution in [0, 0.1) is 17.8 Å². The summed E-state index contributed by atoms with van der Waals surface area (Å²) in [6.45, 7) is 3.79. The molecule has 0 amide bonds. The molecule has 7 nitrogen and oxygen atoms in total. The fraction of sp³-hybridized carbons (Fsp3) is 0.654. The summed E-state index contributed by atoms with van der Waals surface area (Å²) in [6, 6.07) is 0.510.